The third kappa shape index (κ3) is 4.71. The van der Waals surface area contributed by atoms with Gasteiger partial charge in [0, 0.05) is 29.5 Å². The van der Waals surface area contributed by atoms with Crippen LogP contribution in [0.5, 0.6) is 11.5 Å². The number of aromatic nitrogens is 1. The molecule has 1 atom stereocenters. The lowest BCUT2D eigenvalue weighted by atomic mass is 10.2. The molecule has 0 radical (unpaired) electrons. The molecular weight excluding hydrogens is 384 g/mol. The summed E-state index contributed by atoms with van der Waals surface area (Å²) in [6.45, 7) is 3.91. The quantitative estimate of drug-likeness (QED) is 0.690. The summed E-state index contributed by atoms with van der Waals surface area (Å²) in [5.41, 5.74) is 1.31. The summed E-state index contributed by atoms with van der Waals surface area (Å²) in [7, 11) is 1.76. The molecule has 1 fully saturated rings. The second-order valence-corrected chi connectivity index (χ2v) is 7.77. The van der Waals surface area contributed by atoms with Gasteiger partial charge in [0.25, 0.3) is 0 Å². The molecule has 1 aromatic heterocycles. The van der Waals surface area contributed by atoms with Gasteiger partial charge < -0.3 is 23.5 Å². The van der Waals surface area contributed by atoms with Crippen molar-refractivity contribution in [2.24, 2.45) is 0 Å². The van der Waals surface area contributed by atoms with E-state index in [1.807, 2.05) is 6.07 Å². The molecule has 0 spiro atoms. The Morgan fingerprint density at radius 2 is 1.93 bits per heavy atom. The normalized spacial score (nSPS) is 15.3. The Bertz CT molecular complexity index is 860. The van der Waals surface area contributed by atoms with E-state index in [-0.39, 0.29) is 17.4 Å². The van der Waals surface area contributed by atoms with E-state index in [0.717, 1.165) is 5.56 Å². The van der Waals surface area contributed by atoms with Crippen LogP contribution in [0.1, 0.15) is 11.5 Å². The van der Waals surface area contributed by atoms with Gasteiger partial charge in [-0.05, 0) is 25.1 Å². The van der Waals surface area contributed by atoms with Gasteiger partial charge in [0.2, 0.25) is 11.8 Å². The second kappa shape index (κ2) is 9.20. The summed E-state index contributed by atoms with van der Waals surface area (Å²) in [5.74, 6) is 2.18. The first-order valence-electron chi connectivity index (χ1n) is 8.91. The monoisotopic (exact) mass is 408 g/mol. The number of nitrogens with zero attached hydrogens (tertiary/aromatic N) is 2. The maximum atomic E-state index is 12.5. The van der Waals surface area contributed by atoms with Crippen LogP contribution in [-0.4, -0.2) is 66.3 Å². The smallest absolute Gasteiger partial charge is 0.235 e. The van der Waals surface area contributed by atoms with Crippen molar-refractivity contribution in [2.45, 2.75) is 12.7 Å². The summed E-state index contributed by atoms with van der Waals surface area (Å²) in [4.78, 5) is 18.4. The van der Waals surface area contributed by atoms with Crippen molar-refractivity contribution in [2.75, 3.05) is 46.3 Å². The van der Waals surface area contributed by atoms with Crippen molar-refractivity contribution in [1.82, 2.24) is 9.88 Å². The number of ether oxygens (including phenoxy) is 3. The summed E-state index contributed by atoms with van der Waals surface area (Å²) in [5, 5.41) is 0. The standard InChI is InChI=1S/C19H24N2O6S/c1-13-15(11-28(23)12-18(22)21-6-8-26-9-7-21)20-19(27-13)14-4-5-16(24-2)17(10-14)25-3/h4-5,10H,6-9,11-12H2,1-3H3/t28-/m1/s1. The molecule has 0 saturated carbocycles. The number of hydrogen-bond donors (Lipinski definition) is 0. The minimum Gasteiger partial charge on any atom is -0.493 e. The molecule has 1 aliphatic rings. The van der Waals surface area contributed by atoms with Gasteiger partial charge in [-0.1, -0.05) is 0 Å². The number of benzene rings is 1. The fourth-order valence-electron chi connectivity index (χ4n) is 2.90. The second-order valence-electron chi connectivity index (χ2n) is 6.31. The van der Waals surface area contributed by atoms with Crippen molar-refractivity contribution in [3.63, 3.8) is 0 Å². The molecule has 1 saturated heterocycles. The van der Waals surface area contributed by atoms with E-state index in [4.69, 9.17) is 18.6 Å². The molecule has 152 valence electrons. The number of morpholine rings is 1. The Balaban J connectivity index is 1.68. The van der Waals surface area contributed by atoms with Crippen LogP contribution < -0.4 is 9.47 Å². The van der Waals surface area contributed by atoms with Crippen LogP contribution in [0.25, 0.3) is 11.5 Å². The fourth-order valence-corrected chi connectivity index (χ4v) is 4.03. The van der Waals surface area contributed by atoms with Gasteiger partial charge >= 0.3 is 0 Å². The molecule has 28 heavy (non-hydrogen) atoms. The molecule has 0 bridgehead atoms. The van der Waals surface area contributed by atoms with Crippen LogP contribution in [0.4, 0.5) is 0 Å². The van der Waals surface area contributed by atoms with Gasteiger partial charge in [0.1, 0.15) is 11.5 Å². The molecule has 9 heteroatoms. The third-order valence-electron chi connectivity index (χ3n) is 4.47. The number of amides is 1. The van der Waals surface area contributed by atoms with Crippen LogP contribution in [0.3, 0.4) is 0 Å². The predicted octanol–water partition coefficient (Wildman–Crippen LogP) is 1.77. The average molecular weight is 408 g/mol. The number of oxazole rings is 1. The van der Waals surface area contributed by atoms with Gasteiger partial charge in [0.05, 0.1) is 38.9 Å². The molecule has 0 unspecified atom stereocenters. The molecule has 1 aromatic carbocycles. The topological polar surface area (TPSA) is 91.1 Å². The van der Waals surface area contributed by atoms with Crippen molar-refractivity contribution in [3.8, 4) is 23.0 Å². The minimum atomic E-state index is -1.37. The molecular formula is C19H24N2O6S. The molecule has 1 amide bonds. The summed E-state index contributed by atoms with van der Waals surface area (Å²) in [6.07, 6.45) is 0. The molecule has 1 aliphatic heterocycles. The summed E-state index contributed by atoms with van der Waals surface area (Å²) >= 11 is 0. The number of hydrogen-bond acceptors (Lipinski definition) is 7. The van der Waals surface area contributed by atoms with Crippen LogP contribution in [0.2, 0.25) is 0 Å². The maximum absolute atomic E-state index is 12.5. The zero-order valence-corrected chi connectivity index (χ0v) is 17.0. The summed E-state index contributed by atoms with van der Waals surface area (Å²) < 4.78 is 34.0. The van der Waals surface area contributed by atoms with E-state index >= 15 is 0 Å². The molecule has 2 heterocycles. The van der Waals surface area contributed by atoms with Crippen molar-refractivity contribution in [3.05, 3.63) is 29.7 Å². The van der Waals surface area contributed by atoms with Crippen molar-refractivity contribution < 1.29 is 27.6 Å². The SMILES string of the molecule is COc1ccc(-c2nc(C[S@@](=O)CC(=O)N3CCOCC3)c(C)o2)cc1OC. The van der Waals surface area contributed by atoms with Gasteiger partial charge in [-0.25, -0.2) is 4.98 Å². The van der Waals surface area contributed by atoms with Crippen LogP contribution in [-0.2, 0) is 26.1 Å². The van der Waals surface area contributed by atoms with E-state index < -0.39 is 10.8 Å². The van der Waals surface area contributed by atoms with Crippen LogP contribution in [0, 0.1) is 6.92 Å². The van der Waals surface area contributed by atoms with Crippen molar-refractivity contribution >= 4 is 16.7 Å². The predicted molar refractivity (Wildman–Crippen MR) is 104 cm³/mol. The zero-order chi connectivity index (χ0) is 20.1. The Kier molecular flexibility index (Phi) is 6.69. The van der Waals surface area contributed by atoms with E-state index in [1.165, 1.54) is 0 Å². The fraction of sp³-hybridized carbons (Fsp3) is 0.474. The molecule has 0 aliphatic carbocycles. The first kappa shape index (κ1) is 20.3. The molecule has 8 nitrogen and oxygen atoms in total. The summed E-state index contributed by atoms with van der Waals surface area (Å²) in [6, 6.07) is 5.36. The number of aryl methyl sites for hydroxylation is 1. The lowest BCUT2D eigenvalue weighted by Crippen LogP contribution is -2.42. The lowest BCUT2D eigenvalue weighted by Gasteiger charge is -2.26. The van der Waals surface area contributed by atoms with Gasteiger partial charge in [-0.15, -0.1) is 0 Å². The van der Waals surface area contributed by atoms with E-state index in [2.05, 4.69) is 4.98 Å². The van der Waals surface area contributed by atoms with Crippen molar-refractivity contribution in [1.29, 1.82) is 0 Å². The largest absolute Gasteiger partial charge is 0.493 e. The highest BCUT2D eigenvalue weighted by Crippen LogP contribution is 2.32. The first-order chi connectivity index (χ1) is 13.5. The van der Waals surface area contributed by atoms with Crippen LogP contribution in [0.15, 0.2) is 22.6 Å². The van der Waals surface area contributed by atoms with E-state index in [9.17, 15) is 9.00 Å². The van der Waals surface area contributed by atoms with E-state index in [1.54, 1.807) is 38.2 Å². The molecule has 2 aromatic rings. The lowest BCUT2D eigenvalue weighted by molar-refractivity contribution is -0.132. The Labute approximate surface area is 166 Å². The number of methoxy groups -OCH3 is 2. The van der Waals surface area contributed by atoms with Gasteiger partial charge in [0.15, 0.2) is 11.5 Å². The minimum absolute atomic E-state index is 0.0298. The Morgan fingerprint density at radius 3 is 2.61 bits per heavy atom. The first-order valence-corrected chi connectivity index (χ1v) is 10.4. The van der Waals surface area contributed by atoms with Crippen LogP contribution >= 0.6 is 0 Å². The highest BCUT2D eigenvalue weighted by atomic mass is 32.2. The van der Waals surface area contributed by atoms with Gasteiger partial charge in [-0.3, -0.25) is 9.00 Å². The Hall–Kier alpha value is -2.39. The number of carbonyl (C=O) groups excluding carboxylic acids is 1. The third-order valence-corrected chi connectivity index (χ3v) is 5.63. The number of rotatable bonds is 7. The zero-order valence-electron chi connectivity index (χ0n) is 16.2. The molecule has 3 rings (SSSR count). The molecule has 0 N–H and O–H groups in total. The van der Waals surface area contributed by atoms with Gasteiger partial charge in [-0.2, -0.15) is 0 Å². The van der Waals surface area contributed by atoms with E-state index in [0.29, 0.717) is 55.1 Å². The Morgan fingerprint density at radius 1 is 1.21 bits per heavy atom. The highest BCUT2D eigenvalue weighted by molar-refractivity contribution is 7.84. The maximum Gasteiger partial charge on any atom is 0.235 e. The highest BCUT2D eigenvalue weighted by Gasteiger charge is 2.21. The number of carbonyl (C=O) groups is 1. The average Bonchev–Trinajstić information content (AvgIpc) is 3.08.